The zero-order valence-electron chi connectivity index (χ0n) is 17.2. The molecule has 3 heterocycles. The fourth-order valence-corrected chi connectivity index (χ4v) is 3.79. The van der Waals surface area contributed by atoms with Crippen molar-refractivity contribution in [3.63, 3.8) is 0 Å². The highest BCUT2D eigenvalue weighted by Crippen LogP contribution is 2.40. The average molecular weight is 455 g/mol. The molecule has 0 radical (unpaired) electrons. The summed E-state index contributed by atoms with van der Waals surface area (Å²) in [6, 6.07) is 11.5. The third-order valence-corrected chi connectivity index (χ3v) is 5.31. The number of rotatable bonds is 3. The lowest BCUT2D eigenvalue weighted by molar-refractivity contribution is -0.136. The van der Waals surface area contributed by atoms with Gasteiger partial charge in [0.05, 0.1) is 33.6 Å². The van der Waals surface area contributed by atoms with Crippen molar-refractivity contribution in [3.05, 3.63) is 65.4 Å². The minimum Gasteiger partial charge on any atom is -0.486 e. The molecule has 0 amide bonds. The van der Waals surface area contributed by atoms with Crippen molar-refractivity contribution >= 4 is 17.0 Å². The van der Waals surface area contributed by atoms with Gasteiger partial charge in [0.25, 0.3) is 0 Å². The van der Waals surface area contributed by atoms with Crippen LogP contribution in [0.4, 0.5) is 13.2 Å². The largest absolute Gasteiger partial charge is 0.486 e. The zero-order valence-corrected chi connectivity index (χ0v) is 17.2. The summed E-state index contributed by atoms with van der Waals surface area (Å²) in [4.78, 5) is 15.7. The van der Waals surface area contributed by atoms with E-state index >= 15 is 0 Å². The average Bonchev–Trinajstić information content (AvgIpc) is 3.14. The Kier molecular flexibility index (Phi) is 4.73. The summed E-state index contributed by atoms with van der Waals surface area (Å²) >= 11 is 0. The van der Waals surface area contributed by atoms with E-state index in [1.54, 1.807) is 18.2 Å². The number of benzene rings is 2. The van der Waals surface area contributed by atoms with Gasteiger partial charge in [-0.2, -0.15) is 18.3 Å². The van der Waals surface area contributed by atoms with E-state index in [-0.39, 0.29) is 28.0 Å². The first kappa shape index (κ1) is 20.8. The summed E-state index contributed by atoms with van der Waals surface area (Å²) in [7, 11) is 0. The molecule has 0 atom stereocenters. The number of fused-ring (bicyclic) bond motifs is 2. The number of nitrogens with zero attached hydrogens (tertiary/aromatic N) is 3. The Balaban J connectivity index is 1.73. The summed E-state index contributed by atoms with van der Waals surface area (Å²) in [5.74, 6) is -0.161. The molecule has 1 aliphatic rings. The van der Waals surface area contributed by atoms with Crippen LogP contribution in [0, 0.1) is 6.92 Å². The highest BCUT2D eigenvalue weighted by molar-refractivity contribution is 5.89. The second kappa shape index (κ2) is 7.51. The normalized spacial score (nSPS) is 13.3. The number of hydrogen-bond donors (Lipinski definition) is 1. The summed E-state index contributed by atoms with van der Waals surface area (Å²) in [5, 5.41) is 13.3. The molecule has 2 aromatic carbocycles. The van der Waals surface area contributed by atoms with Crippen LogP contribution in [-0.4, -0.2) is 39.1 Å². The van der Waals surface area contributed by atoms with E-state index in [0.29, 0.717) is 36.0 Å². The predicted octanol–water partition coefficient (Wildman–Crippen LogP) is 4.88. The summed E-state index contributed by atoms with van der Waals surface area (Å²) in [6.45, 7) is 2.22. The number of aromatic carboxylic acids is 1. The van der Waals surface area contributed by atoms with E-state index in [4.69, 9.17) is 14.6 Å². The molecule has 2 aromatic heterocycles. The van der Waals surface area contributed by atoms with Gasteiger partial charge in [-0.05, 0) is 55.5 Å². The number of carbonyl (C=O) groups is 1. The SMILES string of the molecule is Cc1nn(-c2ccc(C(=O)O)cc2)c2nc(-c3ccc4c(c3)OCCO4)cc(C(F)(F)F)c12. The van der Waals surface area contributed by atoms with Crippen molar-refractivity contribution < 1.29 is 32.5 Å². The Morgan fingerprint density at radius 1 is 1.03 bits per heavy atom. The number of ether oxygens (including phenoxy) is 2. The number of halogens is 3. The van der Waals surface area contributed by atoms with E-state index in [0.717, 1.165) is 6.07 Å². The lowest BCUT2D eigenvalue weighted by Crippen LogP contribution is -2.15. The highest BCUT2D eigenvalue weighted by Gasteiger charge is 2.36. The number of pyridine rings is 1. The van der Waals surface area contributed by atoms with E-state index in [1.807, 2.05) is 0 Å². The van der Waals surface area contributed by atoms with Gasteiger partial charge in [-0.3, -0.25) is 0 Å². The molecule has 0 bridgehead atoms. The molecule has 0 aliphatic carbocycles. The molecule has 0 unspecified atom stereocenters. The van der Waals surface area contributed by atoms with Gasteiger partial charge in [-0.25, -0.2) is 14.5 Å². The van der Waals surface area contributed by atoms with Gasteiger partial charge in [0, 0.05) is 5.56 Å². The number of carboxylic acid groups (broad SMARTS) is 1. The minimum absolute atomic E-state index is 0.00953. The molecule has 0 saturated heterocycles. The van der Waals surface area contributed by atoms with Gasteiger partial charge >= 0.3 is 12.1 Å². The second-order valence-electron chi connectivity index (χ2n) is 7.46. The molecule has 0 fully saturated rings. The van der Waals surface area contributed by atoms with Crippen molar-refractivity contribution in [1.29, 1.82) is 0 Å². The van der Waals surface area contributed by atoms with Crippen molar-refractivity contribution in [2.75, 3.05) is 13.2 Å². The number of alkyl halides is 3. The maximum atomic E-state index is 14.0. The molecular weight excluding hydrogens is 439 g/mol. The Labute approximate surface area is 185 Å². The van der Waals surface area contributed by atoms with Crippen molar-refractivity contribution in [3.8, 4) is 28.4 Å². The predicted molar refractivity (Wildman–Crippen MR) is 112 cm³/mol. The maximum absolute atomic E-state index is 14.0. The molecule has 5 rings (SSSR count). The van der Waals surface area contributed by atoms with Gasteiger partial charge < -0.3 is 14.6 Å². The van der Waals surface area contributed by atoms with E-state index in [1.165, 1.54) is 35.9 Å². The van der Waals surface area contributed by atoms with E-state index < -0.39 is 17.7 Å². The monoisotopic (exact) mass is 455 g/mol. The summed E-state index contributed by atoms with van der Waals surface area (Å²) < 4.78 is 54.5. The lowest BCUT2D eigenvalue weighted by Gasteiger charge is -2.19. The topological polar surface area (TPSA) is 86.5 Å². The van der Waals surface area contributed by atoms with Crippen LogP contribution in [0.5, 0.6) is 11.5 Å². The first-order valence-electron chi connectivity index (χ1n) is 9.94. The van der Waals surface area contributed by atoms with Crippen molar-refractivity contribution in [2.24, 2.45) is 0 Å². The molecule has 168 valence electrons. The summed E-state index contributed by atoms with van der Waals surface area (Å²) in [6.07, 6.45) is -4.64. The van der Waals surface area contributed by atoms with Crippen LogP contribution in [0.1, 0.15) is 21.6 Å². The third kappa shape index (κ3) is 3.63. The maximum Gasteiger partial charge on any atom is 0.417 e. The smallest absolute Gasteiger partial charge is 0.417 e. The van der Waals surface area contributed by atoms with Crippen molar-refractivity contribution in [2.45, 2.75) is 13.1 Å². The molecule has 1 aliphatic heterocycles. The molecule has 4 aromatic rings. The van der Waals surface area contributed by atoms with Crippen LogP contribution >= 0.6 is 0 Å². The molecule has 0 spiro atoms. The minimum atomic E-state index is -4.64. The molecule has 0 saturated carbocycles. The fourth-order valence-electron chi connectivity index (χ4n) is 3.79. The van der Waals surface area contributed by atoms with Crippen LogP contribution in [-0.2, 0) is 6.18 Å². The highest BCUT2D eigenvalue weighted by atomic mass is 19.4. The van der Waals surface area contributed by atoms with Crippen LogP contribution in [0.15, 0.2) is 48.5 Å². The zero-order chi connectivity index (χ0) is 23.3. The van der Waals surface area contributed by atoms with Gasteiger partial charge in [0.1, 0.15) is 13.2 Å². The van der Waals surface area contributed by atoms with Crippen LogP contribution in [0.3, 0.4) is 0 Å². The first-order valence-corrected chi connectivity index (χ1v) is 9.94. The Morgan fingerprint density at radius 2 is 1.73 bits per heavy atom. The molecule has 33 heavy (non-hydrogen) atoms. The number of aromatic nitrogens is 3. The number of aryl methyl sites for hydroxylation is 1. The summed E-state index contributed by atoms with van der Waals surface area (Å²) in [5.41, 5.74) is 0.263. The Hall–Kier alpha value is -4.08. The lowest BCUT2D eigenvalue weighted by atomic mass is 10.0. The molecule has 10 heteroatoms. The Morgan fingerprint density at radius 3 is 2.39 bits per heavy atom. The number of carboxylic acids is 1. The Bertz CT molecular complexity index is 1400. The van der Waals surface area contributed by atoms with Crippen LogP contribution < -0.4 is 9.47 Å². The second-order valence-corrected chi connectivity index (χ2v) is 7.46. The van der Waals surface area contributed by atoms with Gasteiger partial charge in [0.15, 0.2) is 17.1 Å². The van der Waals surface area contributed by atoms with Crippen molar-refractivity contribution in [1.82, 2.24) is 14.8 Å². The number of hydrogen-bond acceptors (Lipinski definition) is 5. The molecular formula is C23H16F3N3O4. The standard InChI is InChI=1S/C23H16F3N3O4/c1-12-20-16(23(24,25)26)11-17(14-4-7-18-19(10-14)33-9-8-32-18)27-21(20)29(28-12)15-5-2-13(3-6-15)22(30)31/h2-7,10-11H,8-9H2,1H3,(H,30,31). The van der Waals surface area contributed by atoms with E-state index in [2.05, 4.69) is 10.1 Å². The quantitative estimate of drug-likeness (QED) is 0.474. The van der Waals surface area contributed by atoms with Gasteiger partial charge in [-0.15, -0.1) is 0 Å². The molecule has 7 nitrogen and oxygen atoms in total. The van der Waals surface area contributed by atoms with Crippen LogP contribution in [0.25, 0.3) is 28.0 Å². The third-order valence-electron chi connectivity index (χ3n) is 5.31. The fraction of sp³-hybridized carbons (Fsp3) is 0.174. The van der Waals surface area contributed by atoms with Gasteiger partial charge in [0.2, 0.25) is 0 Å². The molecule has 1 N–H and O–H groups in total. The first-order chi connectivity index (χ1) is 15.7. The van der Waals surface area contributed by atoms with E-state index in [9.17, 15) is 18.0 Å². The van der Waals surface area contributed by atoms with Gasteiger partial charge in [-0.1, -0.05) is 0 Å². The van der Waals surface area contributed by atoms with Crippen LogP contribution in [0.2, 0.25) is 0 Å².